The lowest BCUT2D eigenvalue weighted by Gasteiger charge is -2.25. The first-order valence-corrected chi connectivity index (χ1v) is 5.69. The number of benzene rings is 1. The number of aliphatic hydroxyl groups is 1. The highest BCUT2D eigenvalue weighted by molar-refractivity contribution is 5.33. The Morgan fingerprint density at radius 1 is 1.33 bits per heavy atom. The highest BCUT2D eigenvalue weighted by Gasteiger charge is 2.12. The molecule has 2 heteroatoms. The minimum atomic E-state index is 0.291. The summed E-state index contributed by atoms with van der Waals surface area (Å²) in [4.78, 5) is 2.36. The van der Waals surface area contributed by atoms with Crippen molar-refractivity contribution in [2.45, 2.75) is 25.8 Å². The zero-order chi connectivity index (χ0) is 10.7. The first-order valence-electron chi connectivity index (χ1n) is 5.69. The smallest absolute Gasteiger partial charge is 0.0434 e. The van der Waals surface area contributed by atoms with Crippen LogP contribution < -0.4 is 0 Å². The van der Waals surface area contributed by atoms with E-state index in [0.29, 0.717) is 6.61 Å². The molecule has 1 aromatic rings. The van der Waals surface area contributed by atoms with Crippen LogP contribution in [-0.2, 0) is 19.4 Å². The number of aliphatic hydroxyl groups excluding tert-OH is 1. The summed E-state index contributed by atoms with van der Waals surface area (Å²) in [7, 11) is 2.17. The molecule has 0 fully saturated rings. The summed E-state index contributed by atoms with van der Waals surface area (Å²) < 4.78 is 0. The summed E-state index contributed by atoms with van der Waals surface area (Å²) in [6, 6.07) is 6.77. The molecule has 1 aromatic carbocycles. The van der Waals surface area contributed by atoms with E-state index in [-0.39, 0.29) is 0 Å². The van der Waals surface area contributed by atoms with E-state index in [1.54, 1.807) is 0 Å². The third-order valence-corrected chi connectivity index (χ3v) is 3.10. The van der Waals surface area contributed by atoms with Crippen LogP contribution in [0.2, 0.25) is 0 Å². The molecule has 0 aliphatic carbocycles. The van der Waals surface area contributed by atoms with Crippen molar-refractivity contribution in [3.8, 4) is 0 Å². The van der Waals surface area contributed by atoms with Gasteiger partial charge in [-0.15, -0.1) is 0 Å². The van der Waals surface area contributed by atoms with Crippen LogP contribution >= 0.6 is 0 Å². The molecule has 1 N–H and O–H groups in total. The van der Waals surface area contributed by atoms with Gasteiger partial charge in [-0.1, -0.05) is 18.2 Å². The predicted octanol–water partition coefficient (Wildman–Crippen LogP) is 1.60. The van der Waals surface area contributed by atoms with E-state index in [1.807, 2.05) is 0 Å². The monoisotopic (exact) mass is 205 g/mol. The lowest BCUT2D eigenvalue weighted by molar-refractivity contribution is 0.288. The van der Waals surface area contributed by atoms with E-state index in [0.717, 1.165) is 25.9 Å². The van der Waals surface area contributed by atoms with Gasteiger partial charge < -0.3 is 10.0 Å². The summed E-state index contributed by atoms with van der Waals surface area (Å²) in [6.45, 7) is 2.53. The SMILES string of the molecule is CN1CCc2cc(CCCO)ccc2C1. The number of fused-ring (bicyclic) bond motifs is 1. The first kappa shape index (κ1) is 10.7. The van der Waals surface area contributed by atoms with Crippen molar-refractivity contribution in [2.24, 2.45) is 0 Å². The van der Waals surface area contributed by atoms with Crippen molar-refractivity contribution in [2.75, 3.05) is 20.2 Å². The second-order valence-corrected chi connectivity index (χ2v) is 4.42. The molecule has 1 heterocycles. The van der Waals surface area contributed by atoms with Crippen molar-refractivity contribution in [3.05, 3.63) is 34.9 Å². The average Bonchev–Trinajstić information content (AvgIpc) is 2.26. The number of likely N-dealkylation sites (N-methyl/N-ethyl adjacent to an activating group) is 1. The number of rotatable bonds is 3. The van der Waals surface area contributed by atoms with Gasteiger partial charge in [0.05, 0.1) is 0 Å². The molecule has 0 atom stereocenters. The molecule has 1 aliphatic heterocycles. The maximum atomic E-state index is 8.79. The second kappa shape index (κ2) is 4.77. The fraction of sp³-hybridized carbons (Fsp3) is 0.538. The van der Waals surface area contributed by atoms with Crippen molar-refractivity contribution in [3.63, 3.8) is 0 Å². The van der Waals surface area contributed by atoms with E-state index in [1.165, 1.54) is 23.1 Å². The minimum absolute atomic E-state index is 0.291. The van der Waals surface area contributed by atoms with Gasteiger partial charge >= 0.3 is 0 Å². The van der Waals surface area contributed by atoms with Crippen LogP contribution in [0, 0.1) is 0 Å². The highest BCUT2D eigenvalue weighted by Crippen LogP contribution is 2.19. The van der Waals surface area contributed by atoms with Crippen LogP contribution in [0.3, 0.4) is 0 Å². The molecule has 1 aliphatic rings. The van der Waals surface area contributed by atoms with Gasteiger partial charge in [-0.2, -0.15) is 0 Å². The molecule has 2 nitrogen and oxygen atoms in total. The predicted molar refractivity (Wildman–Crippen MR) is 61.9 cm³/mol. The first-order chi connectivity index (χ1) is 7.29. The van der Waals surface area contributed by atoms with E-state index in [4.69, 9.17) is 5.11 Å². The van der Waals surface area contributed by atoms with Crippen molar-refractivity contribution >= 4 is 0 Å². The Balaban J connectivity index is 2.12. The second-order valence-electron chi connectivity index (χ2n) is 4.42. The van der Waals surface area contributed by atoms with E-state index >= 15 is 0 Å². The maximum absolute atomic E-state index is 8.79. The van der Waals surface area contributed by atoms with Crippen molar-refractivity contribution in [1.82, 2.24) is 4.90 Å². The molecule has 0 unspecified atom stereocenters. The number of nitrogens with zero attached hydrogens (tertiary/aromatic N) is 1. The molecular weight excluding hydrogens is 186 g/mol. The number of aryl methyl sites for hydroxylation is 1. The molecule has 82 valence electrons. The average molecular weight is 205 g/mol. The topological polar surface area (TPSA) is 23.5 Å². The Hall–Kier alpha value is -0.860. The third-order valence-electron chi connectivity index (χ3n) is 3.10. The normalized spacial score (nSPS) is 16.4. The summed E-state index contributed by atoms with van der Waals surface area (Å²) in [5, 5.41) is 8.79. The fourth-order valence-corrected chi connectivity index (χ4v) is 2.19. The van der Waals surface area contributed by atoms with Gasteiger partial charge in [-0.3, -0.25) is 0 Å². The van der Waals surface area contributed by atoms with Gasteiger partial charge in [0, 0.05) is 19.7 Å². The fourth-order valence-electron chi connectivity index (χ4n) is 2.19. The van der Waals surface area contributed by atoms with Crippen molar-refractivity contribution < 1.29 is 5.11 Å². The molecule has 0 aromatic heterocycles. The van der Waals surface area contributed by atoms with Crippen LogP contribution in [0.5, 0.6) is 0 Å². The minimum Gasteiger partial charge on any atom is -0.396 e. The molecule has 0 spiro atoms. The zero-order valence-electron chi connectivity index (χ0n) is 9.37. The molecule has 2 rings (SSSR count). The van der Waals surface area contributed by atoms with Gasteiger partial charge in [-0.05, 0) is 43.0 Å². The van der Waals surface area contributed by atoms with E-state index in [9.17, 15) is 0 Å². The molecule has 0 radical (unpaired) electrons. The summed E-state index contributed by atoms with van der Waals surface area (Å²) in [6.07, 6.45) is 3.04. The molecule has 0 saturated carbocycles. The van der Waals surface area contributed by atoms with Crippen LogP contribution in [0.1, 0.15) is 23.1 Å². The number of hydrogen-bond donors (Lipinski definition) is 1. The standard InChI is InChI=1S/C13H19NO/c1-14-7-6-12-9-11(3-2-8-15)4-5-13(12)10-14/h4-5,9,15H,2-3,6-8,10H2,1H3. The van der Waals surface area contributed by atoms with Gasteiger partial charge in [0.1, 0.15) is 0 Å². The summed E-state index contributed by atoms with van der Waals surface area (Å²) >= 11 is 0. The van der Waals surface area contributed by atoms with Gasteiger partial charge in [0.15, 0.2) is 0 Å². The van der Waals surface area contributed by atoms with E-state index in [2.05, 4.69) is 30.1 Å². The Labute approximate surface area is 91.5 Å². The lowest BCUT2D eigenvalue weighted by Crippen LogP contribution is -2.26. The largest absolute Gasteiger partial charge is 0.396 e. The van der Waals surface area contributed by atoms with Crippen LogP contribution in [0.4, 0.5) is 0 Å². The lowest BCUT2D eigenvalue weighted by atomic mass is 9.96. The third kappa shape index (κ3) is 2.58. The quantitative estimate of drug-likeness (QED) is 0.810. The Bertz CT molecular complexity index is 335. The van der Waals surface area contributed by atoms with Crippen LogP contribution in [-0.4, -0.2) is 30.2 Å². The molecular formula is C13H19NO. The van der Waals surface area contributed by atoms with E-state index < -0.39 is 0 Å². The number of hydrogen-bond acceptors (Lipinski definition) is 2. The van der Waals surface area contributed by atoms with Gasteiger partial charge in [0.2, 0.25) is 0 Å². The molecule has 0 amide bonds. The summed E-state index contributed by atoms with van der Waals surface area (Å²) in [5.74, 6) is 0. The van der Waals surface area contributed by atoms with Crippen LogP contribution in [0.25, 0.3) is 0 Å². The molecule has 0 saturated heterocycles. The van der Waals surface area contributed by atoms with Gasteiger partial charge in [-0.25, -0.2) is 0 Å². The Morgan fingerprint density at radius 2 is 2.20 bits per heavy atom. The highest BCUT2D eigenvalue weighted by atomic mass is 16.2. The van der Waals surface area contributed by atoms with Crippen molar-refractivity contribution in [1.29, 1.82) is 0 Å². The maximum Gasteiger partial charge on any atom is 0.0434 e. The zero-order valence-corrected chi connectivity index (χ0v) is 9.37. The Kier molecular flexibility index (Phi) is 3.39. The summed E-state index contributed by atoms with van der Waals surface area (Å²) in [5.41, 5.74) is 4.34. The molecule has 0 bridgehead atoms. The molecule has 15 heavy (non-hydrogen) atoms. The van der Waals surface area contributed by atoms with Crippen LogP contribution in [0.15, 0.2) is 18.2 Å². The van der Waals surface area contributed by atoms with Gasteiger partial charge in [0.25, 0.3) is 0 Å². The Morgan fingerprint density at radius 3 is 3.00 bits per heavy atom.